The van der Waals surface area contributed by atoms with Gasteiger partial charge in [0.1, 0.15) is 6.04 Å². The van der Waals surface area contributed by atoms with Crippen molar-refractivity contribution >= 4 is 50.4 Å². The molecule has 0 spiro atoms. The molecule has 5 nitrogen and oxygen atoms in total. The van der Waals surface area contributed by atoms with Gasteiger partial charge in [0, 0.05) is 5.02 Å². The highest BCUT2D eigenvalue weighted by Gasteiger charge is 2.13. The van der Waals surface area contributed by atoms with E-state index in [4.69, 9.17) is 11.6 Å². The minimum Gasteiger partial charge on any atom is -0.350 e. The fourth-order valence-electron chi connectivity index (χ4n) is 2.00. The molecule has 0 aliphatic heterocycles. The lowest BCUT2D eigenvalue weighted by atomic mass is 10.2. The topological polar surface area (TPSA) is 66.4 Å². The largest absolute Gasteiger partial charge is 0.350 e. The van der Waals surface area contributed by atoms with Gasteiger partial charge in [0.05, 0.1) is 16.4 Å². The van der Waals surface area contributed by atoms with Crippen LogP contribution in [0.3, 0.4) is 0 Å². The molecule has 0 bridgehead atoms. The number of rotatable bonds is 5. The van der Waals surface area contributed by atoms with Crippen LogP contribution in [0.4, 0.5) is 5.13 Å². The van der Waals surface area contributed by atoms with Crippen LogP contribution in [0.15, 0.2) is 53.6 Å². The Morgan fingerprint density at radius 1 is 1.25 bits per heavy atom. The van der Waals surface area contributed by atoms with Crippen LogP contribution in [0, 0.1) is 0 Å². The predicted molar refractivity (Wildman–Crippen MR) is 99.9 cm³/mol. The zero-order valence-electron chi connectivity index (χ0n) is 12.9. The molecule has 1 heterocycles. The summed E-state index contributed by atoms with van der Waals surface area (Å²) in [5.74, 6) is -0.237. The molecule has 1 atom stereocenters. The first kappa shape index (κ1) is 16.4. The van der Waals surface area contributed by atoms with E-state index in [0.717, 1.165) is 15.8 Å². The Morgan fingerprint density at radius 2 is 2.00 bits per heavy atom. The molecular formula is C17H15ClN4OS. The fourth-order valence-corrected chi connectivity index (χ4v) is 3.08. The second-order valence-corrected chi connectivity index (χ2v) is 6.61. The summed E-state index contributed by atoms with van der Waals surface area (Å²) >= 11 is 7.33. The molecule has 7 heteroatoms. The molecule has 0 aliphatic rings. The zero-order chi connectivity index (χ0) is 16.9. The van der Waals surface area contributed by atoms with Crippen LogP contribution in [0.2, 0.25) is 5.02 Å². The fraction of sp³-hybridized carbons (Fsp3) is 0.118. The van der Waals surface area contributed by atoms with Gasteiger partial charge in [-0.1, -0.05) is 47.2 Å². The van der Waals surface area contributed by atoms with Crippen molar-refractivity contribution in [3.63, 3.8) is 0 Å². The highest BCUT2D eigenvalue weighted by Crippen LogP contribution is 2.25. The third kappa shape index (κ3) is 4.10. The number of hydrogen-bond donors (Lipinski definition) is 2. The molecule has 0 unspecified atom stereocenters. The first-order chi connectivity index (χ1) is 11.6. The summed E-state index contributed by atoms with van der Waals surface area (Å²) in [6.45, 7) is 1.76. The number of halogens is 1. The second kappa shape index (κ2) is 7.42. The summed E-state index contributed by atoms with van der Waals surface area (Å²) in [7, 11) is 0. The number of anilines is 1. The SMILES string of the molecule is C[C@H](Nc1nc2ccccc2s1)C(=O)N/N=C\c1ccc(Cl)cc1. The average Bonchev–Trinajstić information content (AvgIpc) is 2.98. The Hall–Kier alpha value is -2.44. The molecule has 0 saturated carbocycles. The van der Waals surface area contributed by atoms with Crippen LogP contribution in [-0.2, 0) is 4.79 Å². The average molecular weight is 359 g/mol. The Kier molecular flexibility index (Phi) is 5.08. The van der Waals surface area contributed by atoms with E-state index < -0.39 is 6.04 Å². The van der Waals surface area contributed by atoms with E-state index in [1.165, 1.54) is 11.3 Å². The minimum absolute atomic E-state index is 0.237. The van der Waals surface area contributed by atoms with Gasteiger partial charge in [-0.3, -0.25) is 4.79 Å². The van der Waals surface area contributed by atoms with E-state index in [1.54, 1.807) is 25.3 Å². The van der Waals surface area contributed by atoms with Crippen molar-refractivity contribution in [2.24, 2.45) is 5.10 Å². The number of hydrogen-bond acceptors (Lipinski definition) is 5. The molecule has 0 aliphatic carbocycles. The van der Waals surface area contributed by atoms with E-state index >= 15 is 0 Å². The monoisotopic (exact) mass is 358 g/mol. The maximum absolute atomic E-state index is 12.1. The summed E-state index contributed by atoms with van der Waals surface area (Å²) in [5.41, 5.74) is 4.28. The van der Waals surface area contributed by atoms with E-state index in [1.807, 2.05) is 36.4 Å². The van der Waals surface area contributed by atoms with Crippen LogP contribution < -0.4 is 10.7 Å². The van der Waals surface area contributed by atoms with Gasteiger partial charge in [-0.15, -0.1) is 0 Å². The van der Waals surface area contributed by atoms with Gasteiger partial charge in [0.25, 0.3) is 5.91 Å². The molecular weight excluding hydrogens is 344 g/mol. The van der Waals surface area contributed by atoms with Crippen LogP contribution in [0.1, 0.15) is 12.5 Å². The van der Waals surface area contributed by atoms with E-state index in [-0.39, 0.29) is 5.91 Å². The smallest absolute Gasteiger partial charge is 0.262 e. The van der Waals surface area contributed by atoms with E-state index in [0.29, 0.717) is 10.2 Å². The van der Waals surface area contributed by atoms with Gasteiger partial charge in [0.15, 0.2) is 5.13 Å². The van der Waals surface area contributed by atoms with Crippen molar-refractivity contribution in [3.8, 4) is 0 Å². The predicted octanol–water partition coefficient (Wildman–Crippen LogP) is 3.90. The number of nitrogens with zero attached hydrogens (tertiary/aromatic N) is 2. The number of thiazole rings is 1. The van der Waals surface area contributed by atoms with Crippen LogP contribution in [-0.4, -0.2) is 23.1 Å². The third-order valence-electron chi connectivity index (χ3n) is 3.29. The minimum atomic E-state index is -0.451. The molecule has 3 aromatic rings. The molecule has 3 rings (SSSR count). The summed E-state index contributed by atoms with van der Waals surface area (Å²) in [5, 5.41) is 8.41. The first-order valence-corrected chi connectivity index (χ1v) is 8.52. The Labute approximate surface area is 148 Å². The quantitative estimate of drug-likeness (QED) is 0.537. The van der Waals surface area contributed by atoms with Crippen molar-refractivity contribution < 1.29 is 4.79 Å². The lowest BCUT2D eigenvalue weighted by molar-refractivity contribution is -0.121. The lowest BCUT2D eigenvalue weighted by Gasteiger charge is -2.10. The Morgan fingerprint density at radius 3 is 2.75 bits per heavy atom. The maximum Gasteiger partial charge on any atom is 0.262 e. The van der Waals surface area contributed by atoms with E-state index in [2.05, 4.69) is 20.8 Å². The van der Waals surface area contributed by atoms with Gasteiger partial charge in [0.2, 0.25) is 0 Å². The number of amides is 1. The Bertz CT molecular complexity index is 843. The number of hydrazone groups is 1. The van der Waals surface area contributed by atoms with Gasteiger partial charge in [-0.25, -0.2) is 10.4 Å². The van der Waals surface area contributed by atoms with Crippen molar-refractivity contribution in [2.75, 3.05) is 5.32 Å². The van der Waals surface area contributed by atoms with Gasteiger partial charge < -0.3 is 5.32 Å². The second-order valence-electron chi connectivity index (χ2n) is 5.14. The van der Waals surface area contributed by atoms with Crippen LogP contribution in [0.25, 0.3) is 10.2 Å². The summed E-state index contributed by atoms with van der Waals surface area (Å²) in [6, 6.07) is 14.6. The third-order valence-corrected chi connectivity index (χ3v) is 4.51. The summed E-state index contributed by atoms with van der Waals surface area (Å²) in [6.07, 6.45) is 1.57. The normalized spacial score (nSPS) is 12.4. The maximum atomic E-state index is 12.1. The zero-order valence-corrected chi connectivity index (χ0v) is 14.4. The molecule has 0 radical (unpaired) electrons. The molecule has 1 aromatic heterocycles. The molecule has 2 aromatic carbocycles. The molecule has 122 valence electrons. The van der Waals surface area contributed by atoms with Crippen LogP contribution >= 0.6 is 22.9 Å². The summed E-state index contributed by atoms with van der Waals surface area (Å²) in [4.78, 5) is 16.5. The molecule has 0 fully saturated rings. The highest BCUT2D eigenvalue weighted by molar-refractivity contribution is 7.22. The van der Waals surface area contributed by atoms with Gasteiger partial charge >= 0.3 is 0 Å². The number of para-hydroxylation sites is 1. The van der Waals surface area contributed by atoms with Crippen molar-refractivity contribution in [2.45, 2.75) is 13.0 Å². The van der Waals surface area contributed by atoms with Gasteiger partial charge in [-0.05, 0) is 36.8 Å². The Balaban J connectivity index is 1.57. The number of fused-ring (bicyclic) bond motifs is 1. The van der Waals surface area contributed by atoms with Gasteiger partial charge in [-0.2, -0.15) is 5.10 Å². The number of carbonyl (C=O) groups excluding carboxylic acids is 1. The van der Waals surface area contributed by atoms with Crippen molar-refractivity contribution in [1.82, 2.24) is 10.4 Å². The number of benzene rings is 2. The first-order valence-electron chi connectivity index (χ1n) is 7.32. The summed E-state index contributed by atoms with van der Waals surface area (Å²) < 4.78 is 1.08. The number of aromatic nitrogens is 1. The molecule has 0 saturated heterocycles. The highest BCUT2D eigenvalue weighted by atomic mass is 35.5. The lowest BCUT2D eigenvalue weighted by Crippen LogP contribution is -2.34. The standard InChI is InChI=1S/C17H15ClN4OS/c1-11(20-17-21-14-4-2-3-5-15(14)24-17)16(23)22-19-10-12-6-8-13(18)9-7-12/h2-11H,1H3,(H,20,21)(H,22,23)/b19-10-/t11-/m0/s1. The molecule has 24 heavy (non-hydrogen) atoms. The molecule has 1 amide bonds. The van der Waals surface area contributed by atoms with Crippen molar-refractivity contribution in [3.05, 3.63) is 59.1 Å². The van der Waals surface area contributed by atoms with Crippen molar-refractivity contribution in [1.29, 1.82) is 0 Å². The number of carbonyl (C=O) groups is 1. The number of nitrogens with one attached hydrogen (secondary N) is 2. The molecule has 2 N–H and O–H groups in total. The van der Waals surface area contributed by atoms with E-state index in [9.17, 15) is 4.79 Å². The van der Waals surface area contributed by atoms with Crippen LogP contribution in [0.5, 0.6) is 0 Å².